The summed E-state index contributed by atoms with van der Waals surface area (Å²) in [7, 11) is 1.42. The number of carboxylic acid groups (broad SMARTS) is 1. The molecule has 0 aromatic heterocycles. The summed E-state index contributed by atoms with van der Waals surface area (Å²) in [5, 5.41) is 9.46. The van der Waals surface area contributed by atoms with Gasteiger partial charge in [-0.05, 0) is 25.3 Å². The maximum Gasteiger partial charge on any atom is 0.410 e. The molecular weight excluding hydrogens is 249 g/mol. The van der Waals surface area contributed by atoms with E-state index < -0.39 is 17.6 Å². The Labute approximate surface area is 111 Å². The van der Waals surface area contributed by atoms with Crippen molar-refractivity contribution < 1.29 is 19.0 Å². The topological polar surface area (TPSA) is 49.8 Å². The number of nitrogens with zero attached hydrogens (tertiary/aromatic N) is 1. The number of carbonyl (C=O) groups is 1. The van der Waals surface area contributed by atoms with Gasteiger partial charge in [0.1, 0.15) is 5.82 Å². The quantitative estimate of drug-likeness (QED) is 0.833. The first-order valence-electron chi connectivity index (χ1n) is 6.39. The molecule has 1 aromatic carbocycles. The molecule has 0 spiro atoms. The molecule has 1 aliphatic rings. The minimum Gasteiger partial charge on any atom is -0.465 e. The number of hydrogen-bond acceptors (Lipinski definition) is 2. The SMILES string of the molecule is CCC(OC)(c1ccccc1F)N(C(=O)O)C1CC1. The lowest BCUT2D eigenvalue weighted by Crippen LogP contribution is -2.51. The van der Waals surface area contributed by atoms with Gasteiger partial charge in [0.05, 0.1) is 0 Å². The highest BCUT2D eigenvalue weighted by molar-refractivity contribution is 5.67. The van der Waals surface area contributed by atoms with E-state index >= 15 is 0 Å². The molecule has 1 unspecified atom stereocenters. The molecule has 0 bridgehead atoms. The third-order valence-electron chi connectivity index (χ3n) is 3.62. The van der Waals surface area contributed by atoms with Crippen molar-refractivity contribution in [2.45, 2.75) is 38.0 Å². The van der Waals surface area contributed by atoms with Crippen LogP contribution in [0.2, 0.25) is 0 Å². The summed E-state index contributed by atoms with van der Waals surface area (Å²) in [6, 6.07) is 6.09. The van der Waals surface area contributed by atoms with E-state index in [4.69, 9.17) is 4.74 Å². The summed E-state index contributed by atoms with van der Waals surface area (Å²) in [6.07, 6.45) is 0.875. The zero-order valence-electron chi connectivity index (χ0n) is 11.1. The number of halogens is 1. The Morgan fingerprint density at radius 2 is 2.16 bits per heavy atom. The molecule has 1 aliphatic carbocycles. The van der Waals surface area contributed by atoms with Crippen LogP contribution in [0, 0.1) is 5.82 Å². The van der Waals surface area contributed by atoms with Crippen LogP contribution in [0.5, 0.6) is 0 Å². The molecule has 0 saturated heterocycles. The molecule has 104 valence electrons. The van der Waals surface area contributed by atoms with Gasteiger partial charge in [0.2, 0.25) is 0 Å². The lowest BCUT2D eigenvalue weighted by atomic mass is 9.97. The van der Waals surface area contributed by atoms with Crippen molar-refractivity contribution in [1.29, 1.82) is 0 Å². The predicted octanol–water partition coefficient (Wildman–Crippen LogP) is 3.18. The van der Waals surface area contributed by atoms with Gasteiger partial charge in [0.15, 0.2) is 5.72 Å². The van der Waals surface area contributed by atoms with E-state index in [9.17, 15) is 14.3 Å². The second kappa shape index (κ2) is 5.17. The third-order valence-corrected chi connectivity index (χ3v) is 3.62. The van der Waals surface area contributed by atoms with Gasteiger partial charge in [-0.15, -0.1) is 0 Å². The van der Waals surface area contributed by atoms with E-state index in [1.54, 1.807) is 25.1 Å². The predicted molar refractivity (Wildman–Crippen MR) is 68.3 cm³/mol. The summed E-state index contributed by atoms with van der Waals surface area (Å²) in [6.45, 7) is 1.80. The lowest BCUT2D eigenvalue weighted by Gasteiger charge is -2.41. The van der Waals surface area contributed by atoms with Crippen molar-refractivity contribution in [3.63, 3.8) is 0 Å². The van der Waals surface area contributed by atoms with Gasteiger partial charge in [-0.25, -0.2) is 9.18 Å². The molecule has 0 heterocycles. The molecule has 1 saturated carbocycles. The molecular formula is C14H18FNO3. The summed E-state index contributed by atoms with van der Waals surface area (Å²) >= 11 is 0. The van der Waals surface area contributed by atoms with Gasteiger partial charge >= 0.3 is 6.09 Å². The van der Waals surface area contributed by atoms with E-state index in [0.29, 0.717) is 6.42 Å². The number of methoxy groups -OCH3 is 1. The largest absolute Gasteiger partial charge is 0.465 e. The van der Waals surface area contributed by atoms with E-state index in [-0.39, 0.29) is 11.6 Å². The van der Waals surface area contributed by atoms with E-state index in [0.717, 1.165) is 12.8 Å². The molecule has 0 aliphatic heterocycles. The van der Waals surface area contributed by atoms with Crippen molar-refractivity contribution >= 4 is 6.09 Å². The highest BCUT2D eigenvalue weighted by Crippen LogP contribution is 2.42. The van der Waals surface area contributed by atoms with Gasteiger partial charge in [0.25, 0.3) is 0 Å². The van der Waals surface area contributed by atoms with Crippen molar-refractivity contribution in [2.24, 2.45) is 0 Å². The van der Waals surface area contributed by atoms with E-state index in [1.807, 2.05) is 0 Å². The third kappa shape index (κ3) is 2.30. The Balaban J connectivity index is 2.53. The zero-order chi connectivity index (χ0) is 14.0. The standard InChI is InChI=1S/C14H18FNO3/c1-3-14(19-2,11-6-4-5-7-12(11)15)16(13(17)18)10-8-9-10/h4-7,10H,3,8-9H2,1-2H3,(H,17,18). The first-order valence-corrected chi connectivity index (χ1v) is 6.39. The molecule has 1 aromatic rings. The average Bonchev–Trinajstić information content (AvgIpc) is 3.20. The normalized spacial score (nSPS) is 17.8. The summed E-state index contributed by atoms with van der Waals surface area (Å²) in [5.41, 5.74) is -0.979. The van der Waals surface area contributed by atoms with Crippen molar-refractivity contribution in [3.05, 3.63) is 35.6 Å². The van der Waals surface area contributed by atoms with Gasteiger partial charge < -0.3 is 9.84 Å². The summed E-state index contributed by atoms with van der Waals surface area (Å²) < 4.78 is 19.6. The molecule has 19 heavy (non-hydrogen) atoms. The summed E-state index contributed by atoms with van der Waals surface area (Å²) in [5.74, 6) is -0.446. The van der Waals surface area contributed by atoms with Crippen LogP contribution in [0.1, 0.15) is 31.7 Å². The van der Waals surface area contributed by atoms with Crippen LogP contribution in [0.15, 0.2) is 24.3 Å². The highest BCUT2D eigenvalue weighted by Gasteiger charge is 2.49. The fourth-order valence-corrected chi connectivity index (χ4v) is 2.56. The molecule has 1 atom stereocenters. The lowest BCUT2D eigenvalue weighted by molar-refractivity contribution is -0.136. The number of hydrogen-bond donors (Lipinski definition) is 1. The minimum absolute atomic E-state index is 0.0861. The molecule has 4 nitrogen and oxygen atoms in total. The fraction of sp³-hybridized carbons (Fsp3) is 0.500. The van der Waals surface area contributed by atoms with Crippen LogP contribution < -0.4 is 0 Å². The van der Waals surface area contributed by atoms with Crippen LogP contribution in [-0.4, -0.2) is 29.3 Å². The van der Waals surface area contributed by atoms with Crippen molar-refractivity contribution in [2.75, 3.05) is 7.11 Å². The van der Waals surface area contributed by atoms with Gasteiger partial charge in [-0.3, -0.25) is 4.90 Å². The number of ether oxygens (including phenoxy) is 1. The first-order chi connectivity index (χ1) is 9.06. The number of rotatable bonds is 5. The van der Waals surface area contributed by atoms with Crippen molar-refractivity contribution in [3.8, 4) is 0 Å². The molecule has 2 rings (SSSR count). The monoisotopic (exact) mass is 267 g/mol. The Bertz CT molecular complexity index is 470. The maximum absolute atomic E-state index is 14.1. The smallest absolute Gasteiger partial charge is 0.410 e. The Morgan fingerprint density at radius 1 is 1.53 bits per heavy atom. The van der Waals surface area contributed by atoms with Crippen LogP contribution >= 0.6 is 0 Å². The van der Waals surface area contributed by atoms with Crippen molar-refractivity contribution in [1.82, 2.24) is 4.90 Å². The second-order valence-corrected chi connectivity index (χ2v) is 4.71. The minimum atomic E-state index is -1.25. The Hall–Kier alpha value is -1.62. The van der Waals surface area contributed by atoms with Crippen LogP contribution in [0.25, 0.3) is 0 Å². The molecule has 1 amide bonds. The van der Waals surface area contributed by atoms with Gasteiger partial charge in [0, 0.05) is 18.7 Å². The molecule has 0 radical (unpaired) electrons. The zero-order valence-corrected chi connectivity index (χ0v) is 11.1. The molecule has 1 fully saturated rings. The van der Waals surface area contributed by atoms with Crippen LogP contribution in [0.4, 0.5) is 9.18 Å². The maximum atomic E-state index is 14.1. The summed E-state index contributed by atoms with van der Waals surface area (Å²) in [4.78, 5) is 12.8. The highest BCUT2D eigenvalue weighted by atomic mass is 19.1. The van der Waals surface area contributed by atoms with Crippen LogP contribution in [-0.2, 0) is 10.5 Å². The molecule has 5 heteroatoms. The Kier molecular flexibility index (Phi) is 3.75. The van der Waals surface area contributed by atoms with E-state index in [1.165, 1.54) is 18.1 Å². The Morgan fingerprint density at radius 3 is 2.58 bits per heavy atom. The van der Waals surface area contributed by atoms with Gasteiger partial charge in [-0.2, -0.15) is 0 Å². The molecule has 1 N–H and O–H groups in total. The fourth-order valence-electron chi connectivity index (χ4n) is 2.56. The first kappa shape index (κ1) is 13.8. The van der Waals surface area contributed by atoms with Gasteiger partial charge in [-0.1, -0.05) is 25.1 Å². The second-order valence-electron chi connectivity index (χ2n) is 4.71. The van der Waals surface area contributed by atoms with E-state index in [2.05, 4.69) is 0 Å². The average molecular weight is 267 g/mol. The number of amides is 1. The number of benzene rings is 1. The van der Waals surface area contributed by atoms with Crippen LogP contribution in [0.3, 0.4) is 0 Å².